The Morgan fingerprint density at radius 3 is 2.27 bits per heavy atom. The molecule has 2 aromatic carbocycles. The number of nitrogens with zero attached hydrogens (tertiary/aromatic N) is 1. The number of β-lactam (4-membered cyclic amide) rings is 1. The molecule has 1 fully saturated rings. The lowest BCUT2D eigenvalue weighted by Crippen LogP contribution is -2.58. The van der Waals surface area contributed by atoms with E-state index >= 15 is 0 Å². The number of benzene rings is 2. The number of hydrogen-bond donors (Lipinski definition) is 1. The first kappa shape index (κ1) is 14.6. The number of amides is 1. The monoisotopic (exact) mass is 297 g/mol. The van der Waals surface area contributed by atoms with Gasteiger partial charge in [-0.1, -0.05) is 30.3 Å². The fourth-order valence-electron chi connectivity index (χ4n) is 3.02. The van der Waals surface area contributed by atoms with Crippen molar-refractivity contribution in [3.8, 4) is 5.75 Å². The lowest BCUT2D eigenvalue weighted by Gasteiger charge is -2.48. The number of carbonyl (C=O) groups excluding carboxylic acids is 1. The quantitative estimate of drug-likeness (QED) is 0.883. The summed E-state index contributed by atoms with van der Waals surface area (Å²) in [7, 11) is 1.62. The minimum Gasteiger partial charge on any atom is -0.497 e. The van der Waals surface area contributed by atoms with Crippen LogP contribution in [0.1, 0.15) is 18.5 Å². The van der Waals surface area contributed by atoms with E-state index in [-0.39, 0.29) is 11.9 Å². The van der Waals surface area contributed by atoms with Crippen LogP contribution in [0.5, 0.6) is 5.75 Å². The first-order valence-electron chi connectivity index (χ1n) is 7.33. The SMILES string of the molecule is COc1ccc([C@H]2[C@H](C(C)O)C(=O)N2c2ccccc2)cc1. The number of carbonyl (C=O) groups is 1. The van der Waals surface area contributed by atoms with Gasteiger partial charge in [-0.3, -0.25) is 4.79 Å². The molecule has 0 saturated carbocycles. The molecule has 3 atom stereocenters. The minimum absolute atomic E-state index is 0.0398. The minimum atomic E-state index is -0.681. The molecule has 1 unspecified atom stereocenters. The number of methoxy groups -OCH3 is 1. The summed E-state index contributed by atoms with van der Waals surface area (Å²) >= 11 is 0. The van der Waals surface area contributed by atoms with Crippen molar-refractivity contribution in [3.63, 3.8) is 0 Å². The van der Waals surface area contributed by atoms with E-state index in [2.05, 4.69) is 0 Å². The fraction of sp³-hybridized carbons (Fsp3) is 0.278. The lowest BCUT2D eigenvalue weighted by atomic mass is 9.78. The third-order valence-corrected chi connectivity index (χ3v) is 4.15. The molecule has 0 radical (unpaired) electrons. The van der Waals surface area contributed by atoms with Crippen molar-refractivity contribution in [1.82, 2.24) is 0 Å². The molecule has 0 aliphatic carbocycles. The second-order valence-electron chi connectivity index (χ2n) is 5.53. The molecule has 0 bridgehead atoms. The molecule has 0 spiro atoms. The number of aliphatic hydroxyl groups is 1. The van der Waals surface area contributed by atoms with E-state index in [0.717, 1.165) is 17.0 Å². The van der Waals surface area contributed by atoms with Crippen molar-refractivity contribution in [3.05, 3.63) is 60.2 Å². The van der Waals surface area contributed by atoms with E-state index in [4.69, 9.17) is 4.74 Å². The van der Waals surface area contributed by atoms with Gasteiger partial charge in [0.2, 0.25) is 5.91 Å². The molecular weight excluding hydrogens is 278 g/mol. The Hall–Kier alpha value is -2.33. The first-order chi connectivity index (χ1) is 10.6. The highest BCUT2D eigenvalue weighted by molar-refractivity contribution is 6.03. The van der Waals surface area contributed by atoms with Gasteiger partial charge in [0, 0.05) is 5.69 Å². The predicted octanol–water partition coefficient (Wildman–Crippen LogP) is 2.78. The third kappa shape index (κ3) is 2.35. The second-order valence-corrected chi connectivity index (χ2v) is 5.53. The van der Waals surface area contributed by atoms with Crippen LogP contribution in [0.15, 0.2) is 54.6 Å². The molecule has 1 aliphatic heterocycles. The molecule has 4 nitrogen and oxygen atoms in total. The van der Waals surface area contributed by atoms with Crippen molar-refractivity contribution >= 4 is 11.6 Å². The Balaban J connectivity index is 1.97. The maximum atomic E-state index is 12.5. The number of para-hydroxylation sites is 1. The van der Waals surface area contributed by atoms with Crippen molar-refractivity contribution in [2.24, 2.45) is 5.92 Å². The Kier molecular flexibility index (Phi) is 3.86. The first-order valence-corrected chi connectivity index (χ1v) is 7.33. The van der Waals surface area contributed by atoms with Gasteiger partial charge in [-0.2, -0.15) is 0 Å². The summed E-state index contributed by atoms with van der Waals surface area (Å²) in [6.07, 6.45) is -0.681. The van der Waals surface area contributed by atoms with E-state index in [1.54, 1.807) is 18.9 Å². The van der Waals surface area contributed by atoms with Gasteiger partial charge in [0.25, 0.3) is 0 Å². The standard InChI is InChI=1S/C18H19NO3/c1-12(20)16-17(13-8-10-15(22-2)11-9-13)19(18(16)21)14-6-4-3-5-7-14/h3-12,16-17,20H,1-2H3/t12?,16-,17-/m0/s1. The van der Waals surface area contributed by atoms with Crippen LogP contribution in [0.4, 0.5) is 5.69 Å². The molecule has 1 heterocycles. The molecule has 0 aromatic heterocycles. The van der Waals surface area contributed by atoms with Gasteiger partial charge in [0.15, 0.2) is 0 Å². The van der Waals surface area contributed by atoms with E-state index < -0.39 is 12.0 Å². The van der Waals surface area contributed by atoms with Gasteiger partial charge in [0.1, 0.15) is 5.75 Å². The number of rotatable bonds is 4. The zero-order chi connectivity index (χ0) is 15.7. The molecule has 2 aromatic rings. The Morgan fingerprint density at radius 2 is 1.73 bits per heavy atom. The molecule has 22 heavy (non-hydrogen) atoms. The summed E-state index contributed by atoms with van der Waals surface area (Å²) in [5.74, 6) is 0.324. The Labute approximate surface area is 130 Å². The van der Waals surface area contributed by atoms with Crippen LogP contribution in [0.25, 0.3) is 0 Å². The molecule has 1 aliphatic rings. The van der Waals surface area contributed by atoms with Gasteiger partial charge in [-0.05, 0) is 36.8 Å². The van der Waals surface area contributed by atoms with Crippen LogP contribution in [0.2, 0.25) is 0 Å². The maximum Gasteiger partial charge on any atom is 0.235 e. The topological polar surface area (TPSA) is 49.8 Å². The highest BCUT2D eigenvalue weighted by Crippen LogP contribution is 2.45. The van der Waals surface area contributed by atoms with Crippen LogP contribution in [-0.4, -0.2) is 24.2 Å². The predicted molar refractivity (Wildman–Crippen MR) is 84.8 cm³/mol. The average Bonchev–Trinajstić information content (AvgIpc) is 2.53. The molecule has 1 saturated heterocycles. The highest BCUT2D eigenvalue weighted by Gasteiger charge is 2.50. The molecular formula is C18H19NO3. The lowest BCUT2D eigenvalue weighted by molar-refractivity contribution is -0.135. The van der Waals surface area contributed by atoms with Gasteiger partial charge < -0.3 is 14.7 Å². The van der Waals surface area contributed by atoms with Crippen LogP contribution in [-0.2, 0) is 4.79 Å². The van der Waals surface area contributed by atoms with Crippen molar-refractivity contribution < 1.29 is 14.6 Å². The van der Waals surface area contributed by atoms with Crippen LogP contribution >= 0.6 is 0 Å². The number of hydrogen-bond acceptors (Lipinski definition) is 3. The summed E-state index contributed by atoms with van der Waals surface area (Å²) in [5.41, 5.74) is 1.85. The maximum absolute atomic E-state index is 12.5. The van der Waals surface area contributed by atoms with Gasteiger partial charge in [0.05, 0.1) is 25.2 Å². The second kappa shape index (κ2) is 5.81. The highest BCUT2D eigenvalue weighted by atomic mass is 16.5. The van der Waals surface area contributed by atoms with Gasteiger partial charge in [-0.25, -0.2) is 0 Å². The summed E-state index contributed by atoms with van der Waals surface area (Å²) in [4.78, 5) is 14.2. The average molecular weight is 297 g/mol. The summed E-state index contributed by atoms with van der Waals surface area (Å²) < 4.78 is 5.18. The van der Waals surface area contributed by atoms with E-state index in [9.17, 15) is 9.90 Å². The molecule has 1 amide bonds. The number of anilines is 1. The van der Waals surface area contributed by atoms with Crippen molar-refractivity contribution in [1.29, 1.82) is 0 Å². The van der Waals surface area contributed by atoms with Crippen LogP contribution in [0.3, 0.4) is 0 Å². The number of aliphatic hydroxyl groups excluding tert-OH is 1. The Bertz CT molecular complexity index is 652. The van der Waals surface area contributed by atoms with E-state index in [0.29, 0.717) is 0 Å². The largest absolute Gasteiger partial charge is 0.497 e. The fourth-order valence-corrected chi connectivity index (χ4v) is 3.02. The van der Waals surface area contributed by atoms with Crippen molar-refractivity contribution in [2.75, 3.05) is 12.0 Å². The Morgan fingerprint density at radius 1 is 1.09 bits per heavy atom. The van der Waals surface area contributed by atoms with Crippen LogP contribution in [0, 0.1) is 5.92 Å². The molecule has 3 rings (SSSR count). The summed E-state index contributed by atoms with van der Waals surface area (Å²) in [6, 6.07) is 17.0. The van der Waals surface area contributed by atoms with Gasteiger partial charge >= 0.3 is 0 Å². The molecule has 1 N–H and O–H groups in total. The molecule has 114 valence electrons. The van der Waals surface area contributed by atoms with Crippen molar-refractivity contribution in [2.45, 2.75) is 19.1 Å². The zero-order valence-electron chi connectivity index (χ0n) is 12.6. The number of ether oxygens (including phenoxy) is 1. The third-order valence-electron chi connectivity index (χ3n) is 4.15. The van der Waals surface area contributed by atoms with Crippen LogP contribution < -0.4 is 9.64 Å². The normalized spacial score (nSPS) is 22.1. The van der Waals surface area contributed by atoms with E-state index in [1.807, 2.05) is 54.6 Å². The van der Waals surface area contributed by atoms with Gasteiger partial charge in [-0.15, -0.1) is 0 Å². The van der Waals surface area contributed by atoms with E-state index in [1.165, 1.54) is 0 Å². The summed E-state index contributed by atoms with van der Waals surface area (Å²) in [6.45, 7) is 1.67. The zero-order valence-corrected chi connectivity index (χ0v) is 12.6. The molecule has 4 heteroatoms. The smallest absolute Gasteiger partial charge is 0.235 e. The summed E-state index contributed by atoms with van der Waals surface area (Å²) in [5, 5.41) is 9.97.